The maximum Gasteiger partial charge on any atom is 0.338 e. The molecule has 1 aliphatic carbocycles. The number of nitrogens with zero attached hydrogens (tertiary/aromatic N) is 1. The summed E-state index contributed by atoms with van der Waals surface area (Å²) in [5, 5.41) is 1.97. The van der Waals surface area contributed by atoms with Gasteiger partial charge in [0.15, 0.2) is 6.61 Å². The van der Waals surface area contributed by atoms with Crippen LogP contribution in [0.4, 0.5) is 11.4 Å². The maximum absolute atomic E-state index is 13.0. The van der Waals surface area contributed by atoms with Crippen molar-refractivity contribution in [3.05, 3.63) is 59.2 Å². The van der Waals surface area contributed by atoms with Gasteiger partial charge in [0.2, 0.25) is 11.8 Å². The van der Waals surface area contributed by atoms with Crippen LogP contribution in [0.3, 0.4) is 0 Å². The summed E-state index contributed by atoms with van der Waals surface area (Å²) in [6, 6.07) is 11.7. The van der Waals surface area contributed by atoms with Crippen molar-refractivity contribution in [2.45, 2.75) is 37.4 Å². The minimum Gasteiger partial charge on any atom is -0.452 e. The minimum absolute atomic E-state index is 0.123. The number of carbonyl (C=O) groups excluding carboxylic acids is 4. The molecule has 0 radical (unpaired) electrons. The third kappa shape index (κ3) is 4.81. The van der Waals surface area contributed by atoms with E-state index in [0.717, 1.165) is 16.0 Å². The van der Waals surface area contributed by atoms with Crippen LogP contribution in [-0.4, -0.2) is 41.1 Å². The van der Waals surface area contributed by atoms with Gasteiger partial charge in [-0.05, 0) is 62.1 Å². The van der Waals surface area contributed by atoms with E-state index in [1.165, 1.54) is 12.1 Å². The van der Waals surface area contributed by atoms with Gasteiger partial charge in [-0.2, -0.15) is 0 Å². The molecule has 34 heavy (non-hydrogen) atoms. The Bertz CT molecular complexity index is 1140. The lowest BCUT2D eigenvalue weighted by Crippen LogP contribution is -2.34. The van der Waals surface area contributed by atoms with Crippen LogP contribution in [0.25, 0.3) is 0 Å². The smallest absolute Gasteiger partial charge is 0.338 e. The Morgan fingerprint density at radius 3 is 2.29 bits per heavy atom. The van der Waals surface area contributed by atoms with Crippen LogP contribution in [0, 0.1) is 25.7 Å². The summed E-state index contributed by atoms with van der Waals surface area (Å²) < 4.78 is 5.15. The Balaban J connectivity index is 1.42. The number of fused-ring (bicyclic) bond motifs is 1. The van der Waals surface area contributed by atoms with Crippen LogP contribution in [0.15, 0.2) is 42.5 Å². The quantitative estimate of drug-likeness (QED) is 0.375. The molecule has 1 N–H and O–H groups in total. The number of alkyl halides is 2. The van der Waals surface area contributed by atoms with Crippen molar-refractivity contribution < 1.29 is 23.9 Å². The number of amides is 3. The molecular weight excluding hydrogens is 479 g/mol. The maximum atomic E-state index is 13.0. The molecule has 1 heterocycles. The van der Waals surface area contributed by atoms with Crippen molar-refractivity contribution in [2.24, 2.45) is 11.8 Å². The Kier molecular flexibility index (Phi) is 6.96. The van der Waals surface area contributed by atoms with Crippen LogP contribution in [0.5, 0.6) is 0 Å². The first-order valence-electron chi connectivity index (χ1n) is 11.0. The number of anilines is 2. The largest absolute Gasteiger partial charge is 0.452 e. The van der Waals surface area contributed by atoms with Crippen molar-refractivity contribution in [1.82, 2.24) is 0 Å². The number of benzene rings is 2. The zero-order valence-electron chi connectivity index (χ0n) is 18.7. The highest BCUT2D eigenvalue weighted by molar-refractivity contribution is 6.31. The topological polar surface area (TPSA) is 92.8 Å². The van der Waals surface area contributed by atoms with Crippen molar-refractivity contribution >= 4 is 58.3 Å². The zero-order valence-corrected chi connectivity index (χ0v) is 20.2. The second kappa shape index (κ2) is 9.76. The second-order valence-electron chi connectivity index (χ2n) is 8.72. The number of aryl methyl sites for hydroxylation is 2. The summed E-state index contributed by atoms with van der Waals surface area (Å²) >= 11 is 12.5. The summed E-state index contributed by atoms with van der Waals surface area (Å²) in [4.78, 5) is 51.8. The highest BCUT2D eigenvalue weighted by Gasteiger charge is 2.52. The molecule has 178 valence electrons. The summed E-state index contributed by atoms with van der Waals surface area (Å²) in [5.74, 6) is -2.94. The van der Waals surface area contributed by atoms with Gasteiger partial charge in [-0.1, -0.05) is 18.2 Å². The molecule has 0 unspecified atom stereocenters. The van der Waals surface area contributed by atoms with Crippen LogP contribution in [0.1, 0.15) is 34.3 Å². The lowest BCUT2D eigenvalue weighted by Gasteiger charge is -2.28. The predicted molar refractivity (Wildman–Crippen MR) is 129 cm³/mol. The predicted octanol–water partition coefficient (Wildman–Crippen LogP) is 4.21. The van der Waals surface area contributed by atoms with Crippen molar-refractivity contribution in [2.75, 3.05) is 16.8 Å². The van der Waals surface area contributed by atoms with Gasteiger partial charge >= 0.3 is 5.97 Å². The number of esters is 1. The van der Waals surface area contributed by atoms with Gasteiger partial charge in [0.05, 0.1) is 33.8 Å². The highest BCUT2D eigenvalue weighted by atomic mass is 35.5. The molecular formula is C25H24Cl2N2O5. The van der Waals surface area contributed by atoms with Crippen LogP contribution in [0.2, 0.25) is 0 Å². The molecule has 2 fully saturated rings. The molecule has 2 aromatic rings. The molecule has 0 aromatic heterocycles. The molecule has 2 aromatic carbocycles. The zero-order chi connectivity index (χ0) is 24.6. The Morgan fingerprint density at radius 2 is 1.65 bits per heavy atom. The molecule has 1 saturated carbocycles. The Labute approximate surface area is 207 Å². The van der Waals surface area contributed by atoms with Crippen molar-refractivity contribution in [3.8, 4) is 0 Å². The fourth-order valence-corrected chi connectivity index (χ4v) is 4.98. The number of rotatable bonds is 5. The fraction of sp³-hybridized carbons (Fsp3) is 0.360. The van der Waals surface area contributed by atoms with Gasteiger partial charge < -0.3 is 10.1 Å². The average Bonchev–Trinajstić information content (AvgIpc) is 3.04. The second-order valence-corrected chi connectivity index (χ2v) is 9.84. The number of nitrogens with one attached hydrogen (secondary N) is 1. The molecule has 4 rings (SSSR count). The number of hydrogen-bond donors (Lipinski definition) is 1. The summed E-state index contributed by atoms with van der Waals surface area (Å²) in [6.45, 7) is 3.30. The number of halogens is 2. The minimum atomic E-state index is -0.740. The first kappa shape index (κ1) is 24.2. The van der Waals surface area contributed by atoms with E-state index in [1.54, 1.807) is 12.1 Å². The standard InChI is InChI=1S/C25H24Cl2N2O5/c1-13-6-7-14(2)21(8-13)28-22(30)12-34-25(33)15-4-3-5-16(9-15)29-23(31)17-10-19(26)20(27)11-18(17)24(29)32/h3-9,17-20H,10-12H2,1-2H3,(H,28,30)/t17-,18-,19+,20+/m1/s1. The summed E-state index contributed by atoms with van der Waals surface area (Å²) in [5.41, 5.74) is 2.92. The molecule has 4 atom stereocenters. The van der Waals surface area contributed by atoms with E-state index in [-0.39, 0.29) is 33.8 Å². The summed E-state index contributed by atoms with van der Waals surface area (Å²) in [7, 11) is 0. The van der Waals surface area contributed by atoms with E-state index in [2.05, 4.69) is 5.32 Å². The van der Waals surface area contributed by atoms with Gasteiger partial charge in [0.25, 0.3) is 5.91 Å². The SMILES string of the molecule is Cc1ccc(C)c(NC(=O)COC(=O)c2cccc(N3C(=O)[C@@H]4C[C@H](Cl)[C@@H](Cl)C[C@H]4C3=O)c2)c1. The number of hydrogen-bond acceptors (Lipinski definition) is 5. The lowest BCUT2D eigenvalue weighted by molar-refractivity contribution is -0.122. The third-order valence-corrected chi connectivity index (χ3v) is 7.35. The van der Waals surface area contributed by atoms with Gasteiger partial charge in [-0.3, -0.25) is 19.3 Å². The number of imide groups is 1. The van der Waals surface area contributed by atoms with Crippen LogP contribution < -0.4 is 10.2 Å². The molecule has 3 amide bonds. The van der Waals surface area contributed by atoms with E-state index in [9.17, 15) is 19.2 Å². The van der Waals surface area contributed by atoms with E-state index in [0.29, 0.717) is 18.5 Å². The van der Waals surface area contributed by atoms with Gasteiger partial charge in [0.1, 0.15) is 0 Å². The lowest BCUT2D eigenvalue weighted by atomic mass is 9.80. The van der Waals surface area contributed by atoms with Crippen molar-refractivity contribution in [3.63, 3.8) is 0 Å². The van der Waals surface area contributed by atoms with Gasteiger partial charge in [-0.25, -0.2) is 4.79 Å². The summed E-state index contributed by atoms with van der Waals surface area (Å²) in [6.07, 6.45) is 0.664. The molecule has 1 aliphatic heterocycles. The number of carbonyl (C=O) groups is 4. The van der Waals surface area contributed by atoms with Crippen LogP contribution >= 0.6 is 23.2 Å². The van der Waals surface area contributed by atoms with E-state index in [1.807, 2.05) is 32.0 Å². The molecule has 2 aliphatic rings. The third-order valence-electron chi connectivity index (χ3n) is 6.25. The molecule has 0 bridgehead atoms. The monoisotopic (exact) mass is 502 g/mol. The molecule has 1 saturated heterocycles. The number of ether oxygens (including phenoxy) is 1. The normalized spacial score (nSPS) is 24.1. The Hall–Kier alpha value is -2.90. The van der Waals surface area contributed by atoms with Crippen LogP contribution in [-0.2, 0) is 19.1 Å². The highest BCUT2D eigenvalue weighted by Crippen LogP contribution is 2.43. The van der Waals surface area contributed by atoms with E-state index in [4.69, 9.17) is 27.9 Å². The van der Waals surface area contributed by atoms with Gasteiger partial charge in [0, 0.05) is 5.69 Å². The molecule has 9 heteroatoms. The molecule has 0 spiro atoms. The first-order valence-corrected chi connectivity index (χ1v) is 11.8. The molecule has 7 nitrogen and oxygen atoms in total. The Morgan fingerprint density at radius 1 is 1.00 bits per heavy atom. The van der Waals surface area contributed by atoms with Crippen molar-refractivity contribution in [1.29, 1.82) is 0 Å². The van der Waals surface area contributed by atoms with E-state index >= 15 is 0 Å². The van der Waals surface area contributed by atoms with Gasteiger partial charge in [-0.15, -0.1) is 23.2 Å². The first-order chi connectivity index (χ1) is 16.2. The fourth-order valence-electron chi connectivity index (χ4n) is 4.39. The average molecular weight is 503 g/mol. The van der Waals surface area contributed by atoms with E-state index < -0.39 is 30.3 Å².